The summed E-state index contributed by atoms with van der Waals surface area (Å²) in [5, 5.41) is 0. The summed E-state index contributed by atoms with van der Waals surface area (Å²) in [6.07, 6.45) is 2.99. The van der Waals surface area contributed by atoms with E-state index in [1.54, 1.807) is 7.11 Å². The van der Waals surface area contributed by atoms with Crippen LogP contribution in [0.1, 0.15) is 26.7 Å². The van der Waals surface area contributed by atoms with Crippen molar-refractivity contribution in [1.29, 1.82) is 0 Å². The largest absolute Gasteiger partial charge is 0.381 e. The molecule has 66 valence electrons. The fourth-order valence-corrected chi connectivity index (χ4v) is 1.70. The van der Waals surface area contributed by atoms with Gasteiger partial charge in [0.25, 0.3) is 0 Å². The van der Waals surface area contributed by atoms with Gasteiger partial charge in [-0.2, -0.15) is 0 Å². The van der Waals surface area contributed by atoms with Crippen molar-refractivity contribution in [3.05, 3.63) is 0 Å². The SMILES string of the molecule is CC.COC1CC2(COC2)C1. The fraction of sp³-hybridized carbons (Fsp3) is 1.00. The minimum Gasteiger partial charge on any atom is -0.381 e. The summed E-state index contributed by atoms with van der Waals surface area (Å²) < 4.78 is 10.3. The van der Waals surface area contributed by atoms with E-state index in [4.69, 9.17) is 9.47 Å². The second-order valence-corrected chi connectivity index (χ2v) is 3.26. The average Bonchev–Trinajstić information content (AvgIpc) is 1.87. The Kier molecular flexibility index (Phi) is 2.90. The topological polar surface area (TPSA) is 18.5 Å². The van der Waals surface area contributed by atoms with Gasteiger partial charge >= 0.3 is 0 Å². The highest BCUT2D eigenvalue weighted by Crippen LogP contribution is 2.47. The van der Waals surface area contributed by atoms with Crippen molar-refractivity contribution < 1.29 is 9.47 Å². The molecule has 11 heavy (non-hydrogen) atoms. The van der Waals surface area contributed by atoms with E-state index in [-0.39, 0.29) is 0 Å². The summed E-state index contributed by atoms with van der Waals surface area (Å²) in [6, 6.07) is 0. The summed E-state index contributed by atoms with van der Waals surface area (Å²) in [5.41, 5.74) is 0.570. The van der Waals surface area contributed by atoms with Crippen LogP contribution in [0.4, 0.5) is 0 Å². The molecule has 0 amide bonds. The Hall–Kier alpha value is -0.0800. The highest BCUT2D eigenvalue weighted by molar-refractivity contribution is 4.98. The monoisotopic (exact) mass is 158 g/mol. The van der Waals surface area contributed by atoms with Gasteiger partial charge in [0.05, 0.1) is 19.3 Å². The first-order valence-electron chi connectivity index (χ1n) is 4.45. The molecule has 0 aromatic heterocycles. The first kappa shape index (κ1) is 9.01. The van der Waals surface area contributed by atoms with E-state index in [0.717, 1.165) is 13.2 Å². The molecule has 0 aromatic carbocycles. The lowest BCUT2D eigenvalue weighted by Gasteiger charge is -2.52. The summed E-state index contributed by atoms with van der Waals surface area (Å²) in [7, 11) is 1.79. The zero-order valence-corrected chi connectivity index (χ0v) is 7.72. The van der Waals surface area contributed by atoms with E-state index < -0.39 is 0 Å². The van der Waals surface area contributed by atoms with Crippen molar-refractivity contribution in [3.63, 3.8) is 0 Å². The molecule has 0 bridgehead atoms. The summed E-state index contributed by atoms with van der Waals surface area (Å²) >= 11 is 0. The average molecular weight is 158 g/mol. The lowest BCUT2D eigenvalue weighted by atomic mass is 9.65. The van der Waals surface area contributed by atoms with Gasteiger partial charge in [0.1, 0.15) is 0 Å². The molecule has 2 heteroatoms. The lowest BCUT2D eigenvalue weighted by Crippen LogP contribution is -2.54. The standard InChI is InChI=1S/C7H12O2.C2H6/c1-8-6-2-7(3-6)4-9-5-7;1-2/h6H,2-5H2,1H3;1-2H3. The molecular weight excluding hydrogens is 140 g/mol. The Morgan fingerprint density at radius 2 is 1.82 bits per heavy atom. The molecule has 1 spiro atoms. The minimum absolute atomic E-state index is 0.536. The van der Waals surface area contributed by atoms with E-state index in [1.165, 1.54) is 12.8 Å². The zero-order chi connectivity index (χ0) is 8.32. The van der Waals surface area contributed by atoms with Gasteiger partial charge in [-0.25, -0.2) is 0 Å². The predicted molar refractivity (Wildman–Crippen MR) is 44.6 cm³/mol. The molecule has 2 fully saturated rings. The van der Waals surface area contributed by atoms with Crippen molar-refractivity contribution in [2.75, 3.05) is 20.3 Å². The quantitative estimate of drug-likeness (QED) is 0.579. The molecule has 2 aliphatic rings. The van der Waals surface area contributed by atoms with E-state index in [9.17, 15) is 0 Å². The maximum absolute atomic E-state index is 5.16. The second kappa shape index (κ2) is 3.55. The van der Waals surface area contributed by atoms with Gasteiger partial charge in [0, 0.05) is 12.5 Å². The Labute approximate surface area is 68.9 Å². The predicted octanol–water partition coefficient (Wildman–Crippen LogP) is 1.84. The van der Waals surface area contributed by atoms with Crippen LogP contribution in [0.15, 0.2) is 0 Å². The van der Waals surface area contributed by atoms with Crippen LogP contribution in [0.3, 0.4) is 0 Å². The van der Waals surface area contributed by atoms with Crippen LogP contribution >= 0.6 is 0 Å². The third-order valence-corrected chi connectivity index (χ3v) is 2.47. The van der Waals surface area contributed by atoms with E-state index >= 15 is 0 Å². The van der Waals surface area contributed by atoms with Gasteiger partial charge in [0.2, 0.25) is 0 Å². The summed E-state index contributed by atoms with van der Waals surface area (Å²) in [6.45, 7) is 5.96. The van der Waals surface area contributed by atoms with E-state index in [2.05, 4.69) is 0 Å². The van der Waals surface area contributed by atoms with Gasteiger partial charge < -0.3 is 9.47 Å². The van der Waals surface area contributed by atoms with Crippen LogP contribution in [0.5, 0.6) is 0 Å². The normalized spacial score (nSPS) is 26.5. The molecule has 0 radical (unpaired) electrons. The highest BCUT2D eigenvalue weighted by Gasteiger charge is 2.49. The van der Waals surface area contributed by atoms with Crippen LogP contribution < -0.4 is 0 Å². The molecule has 1 saturated heterocycles. The molecule has 1 aliphatic heterocycles. The molecule has 0 aromatic rings. The summed E-state index contributed by atoms with van der Waals surface area (Å²) in [4.78, 5) is 0. The molecule has 2 nitrogen and oxygen atoms in total. The molecule has 0 unspecified atom stereocenters. The second-order valence-electron chi connectivity index (χ2n) is 3.26. The van der Waals surface area contributed by atoms with Gasteiger partial charge in [-0.15, -0.1) is 0 Å². The Morgan fingerprint density at radius 1 is 1.27 bits per heavy atom. The number of methoxy groups -OCH3 is 1. The lowest BCUT2D eigenvalue weighted by molar-refractivity contribution is -0.203. The van der Waals surface area contributed by atoms with E-state index in [1.807, 2.05) is 13.8 Å². The molecule has 1 saturated carbocycles. The first-order chi connectivity index (χ1) is 5.35. The van der Waals surface area contributed by atoms with Crippen molar-refractivity contribution in [1.82, 2.24) is 0 Å². The van der Waals surface area contributed by atoms with Crippen LogP contribution in [-0.4, -0.2) is 26.4 Å². The third-order valence-electron chi connectivity index (χ3n) is 2.47. The van der Waals surface area contributed by atoms with Crippen LogP contribution in [0.2, 0.25) is 0 Å². The van der Waals surface area contributed by atoms with Crippen molar-refractivity contribution in [3.8, 4) is 0 Å². The van der Waals surface area contributed by atoms with Crippen LogP contribution in [0, 0.1) is 5.41 Å². The molecule has 1 heterocycles. The molecular formula is C9H18O2. The van der Waals surface area contributed by atoms with Gasteiger partial charge in [-0.1, -0.05) is 13.8 Å². The highest BCUT2D eigenvalue weighted by atomic mass is 16.5. The molecule has 0 N–H and O–H groups in total. The Bertz CT molecular complexity index is 111. The maximum atomic E-state index is 5.16. The summed E-state index contributed by atoms with van der Waals surface area (Å²) in [5.74, 6) is 0. The van der Waals surface area contributed by atoms with E-state index in [0.29, 0.717) is 11.5 Å². The van der Waals surface area contributed by atoms with Gasteiger partial charge in [0.15, 0.2) is 0 Å². The molecule has 2 rings (SSSR count). The smallest absolute Gasteiger partial charge is 0.0585 e. The third kappa shape index (κ3) is 1.57. The minimum atomic E-state index is 0.536. The van der Waals surface area contributed by atoms with Crippen molar-refractivity contribution in [2.24, 2.45) is 5.41 Å². The Balaban J connectivity index is 0.000000281. The fourth-order valence-electron chi connectivity index (χ4n) is 1.70. The van der Waals surface area contributed by atoms with Gasteiger partial charge in [-0.05, 0) is 12.8 Å². The van der Waals surface area contributed by atoms with Gasteiger partial charge in [-0.3, -0.25) is 0 Å². The maximum Gasteiger partial charge on any atom is 0.0585 e. The number of hydrogen-bond acceptors (Lipinski definition) is 2. The number of ether oxygens (including phenoxy) is 2. The number of hydrogen-bond donors (Lipinski definition) is 0. The van der Waals surface area contributed by atoms with Crippen molar-refractivity contribution >= 4 is 0 Å². The Morgan fingerprint density at radius 3 is 2.09 bits per heavy atom. The number of rotatable bonds is 1. The van der Waals surface area contributed by atoms with Crippen molar-refractivity contribution in [2.45, 2.75) is 32.8 Å². The molecule has 1 aliphatic carbocycles. The van der Waals surface area contributed by atoms with Crippen LogP contribution in [0.25, 0.3) is 0 Å². The van der Waals surface area contributed by atoms with Crippen LogP contribution in [-0.2, 0) is 9.47 Å². The zero-order valence-electron chi connectivity index (χ0n) is 7.72. The molecule has 0 atom stereocenters. The first-order valence-corrected chi connectivity index (χ1v) is 4.45.